The number of nitrogens with one attached hydrogen (secondary N) is 1. The zero-order valence-corrected chi connectivity index (χ0v) is 20.7. The first-order valence-corrected chi connectivity index (χ1v) is 11.5. The van der Waals surface area contributed by atoms with E-state index >= 15 is 0 Å². The number of unbranched alkanes of at least 4 members (excludes halogenated alkanes) is 1. The summed E-state index contributed by atoms with van der Waals surface area (Å²) in [4.78, 5) is 27.4. The van der Waals surface area contributed by atoms with Crippen LogP contribution in [0.4, 0.5) is 0 Å². The summed E-state index contributed by atoms with van der Waals surface area (Å²) in [5, 5.41) is 2.93. The fraction of sp³-hybridized carbons (Fsp3) is 0.440. The van der Waals surface area contributed by atoms with Gasteiger partial charge in [0.25, 0.3) is 5.91 Å². The molecule has 0 aliphatic heterocycles. The van der Waals surface area contributed by atoms with Crippen molar-refractivity contribution in [2.75, 3.05) is 13.2 Å². The van der Waals surface area contributed by atoms with Gasteiger partial charge in [0.2, 0.25) is 5.91 Å². The van der Waals surface area contributed by atoms with Crippen LogP contribution in [-0.4, -0.2) is 35.9 Å². The lowest BCUT2D eigenvalue weighted by Crippen LogP contribution is -2.49. The van der Waals surface area contributed by atoms with Crippen LogP contribution in [0.25, 0.3) is 0 Å². The predicted octanol–water partition coefficient (Wildman–Crippen LogP) is 5.09. The number of hydrogen-bond donors (Lipinski definition) is 1. The van der Waals surface area contributed by atoms with Crippen LogP contribution in [0.1, 0.15) is 48.9 Å². The second kappa shape index (κ2) is 11.9. The van der Waals surface area contributed by atoms with Gasteiger partial charge in [-0.15, -0.1) is 0 Å². The molecule has 0 spiro atoms. The summed E-state index contributed by atoms with van der Waals surface area (Å²) >= 11 is 3.47. The van der Waals surface area contributed by atoms with E-state index in [1.54, 1.807) is 11.8 Å². The summed E-state index contributed by atoms with van der Waals surface area (Å²) in [6.07, 6.45) is 1.91. The van der Waals surface area contributed by atoms with Crippen molar-refractivity contribution in [2.45, 2.75) is 60.0 Å². The molecule has 2 rings (SSSR count). The van der Waals surface area contributed by atoms with Crippen LogP contribution in [0, 0.1) is 20.8 Å². The number of benzene rings is 2. The highest BCUT2D eigenvalue weighted by Crippen LogP contribution is 2.23. The second-order valence-corrected chi connectivity index (χ2v) is 8.88. The first-order valence-electron chi connectivity index (χ1n) is 10.7. The number of carbonyl (C=O) groups is 2. The molecule has 0 heterocycles. The van der Waals surface area contributed by atoms with Gasteiger partial charge >= 0.3 is 0 Å². The molecule has 31 heavy (non-hydrogen) atoms. The maximum atomic E-state index is 13.2. The molecule has 0 saturated carbocycles. The third-order valence-electron chi connectivity index (χ3n) is 5.35. The summed E-state index contributed by atoms with van der Waals surface area (Å²) in [5.74, 6) is 0.323. The molecule has 0 bridgehead atoms. The smallest absolute Gasteiger partial charge is 0.261 e. The molecule has 2 aromatic carbocycles. The Hall–Kier alpha value is -2.34. The Morgan fingerprint density at radius 1 is 1.16 bits per heavy atom. The van der Waals surface area contributed by atoms with Crippen LogP contribution >= 0.6 is 15.9 Å². The summed E-state index contributed by atoms with van der Waals surface area (Å²) in [5.41, 5.74) is 4.16. The third kappa shape index (κ3) is 7.39. The van der Waals surface area contributed by atoms with Crippen LogP contribution < -0.4 is 10.1 Å². The Balaban J connectivity index is 2.18. The first-order chi connectivity index (χ1) is 14.7. The lowest BCUT2D eigenvalue weighted by atomic mass is 10.1. The van der Waals surface area contributed by atoms with Gasteiger partial charge in [0, 0.05) is 17.6 Å². The number of aryl methyl sites for hydroxylation is 2. The standard InChI is InChI=1S/C25H33BrN2O3/c1-6-7-11-27-25(30)20(5)28(15-21-9-8-10-22(26)14-21)24(29)16-31-23-13-17(2)12-18(3)19(23)4/h8-10,12-14,20H,6-7,11,15-16H2,1-5H3,(H,27,30)/t20-/m1/s1. The highest BCUT2D eigenvalue weighted by molar-refractivity contribution is 9.10. The number of carbonyl (C=O) groups excluding carboxylic acids is 2. The van der Waals surface area contributed by atoms with Crippen molar-refractivity contribution >= 4 is 27.7 Å². The van der Waals surface area contributed by atoms with Gasteiger partial charge in [-0.3, -0.25) is 9.59 Å². The zero-order chi connectivity index (χ0) is 23.0. The van der Waals surface area contributed by atoms with Gasteiger partial charge in [-0.2, -0.15) is 0 Å². The van der Waals surface area contributed by atoms with E-state index in [1.807, 2.05) is 51.1 Å². The minimum Gasteiger partial charge on any atom is -0.483 e. The SMILES string of the molecule is CCCCNC(=O)[C@@H](C)N(Cc1cccc(Br)c1)C(=O)COc1cc(C)cc(C)c1C. The molecule has 168 valence electrons. The van der Waals surface area contributed by atoms with Gasteiger partial charge in [0.1, 0.15) is 11.8 Å². The van der Waals surface area contributed by atoms with E-state index in [2.05, 4.69) is 34.2 Å². The van der Waals surface area contributed by atoms with Crippen LogP contribution in [0.15, 0.2) is 40.9 Å². The van der Waals surface area contributed by atoms with Crippen molar-refractivity contribution < 1.29 is 14.3 Å². The van der Waals surface area contributed by atoms with E-state index < -0.39 is 6.04 Å². The van der Waals surface area contributed by atoms with Crippen molar-refractivity contribution in [3.63, 3.8) is 0 Å². The predicted molar refractivity (Wildman–Crippen MR) is 128 cm³/mol. The highest BCUT2D eigenvalue weighted by Gasteiger charge is 2.26. The molecular formula is C25H33BrN2O3. The molecule has 6 heteroatoms. The van der Waals surface area contributed by atoms with Crippen molar-refractivity contribution in [3.8, 4) is 5.75 Å². The van der Waals surface area contributed by atoms with Gasteiger partial charge in [-0.05, 0) is 74.6 Å². The molecule has 0 fully saturated rings. The lowest BCUT2D eigenvalue weighted by Gasteiger charge is -2.29. The monoisotopic (exact) mass is 488 g/mol. The molecule has 0 saturated heterocycles. The normalized spacial score (nSPS) is 11.7. The molecule has 0 radical (unpaired) electrons. The van der Waals surface area contributed by atoms with Crippen LogP contribution in [0.2, 0.25) is 0 Å². The fourth-order valence-corrected chi connectivity index (χ4v) is 3.77. The van der Waals surface area contributed by atoms with E-state index in [4.69, 9.17) is 4.74 Å². The Bertz CT molecular complexity index is 914. The summed E-state index contributed by atoms with van der Waals surface area (Å²) < 4.78 is 6.83. The molecule has 2 amide bonds. The van der Waals surface area contributed by atoms with Crippen molar-refractivity contribution in [3.05, 3.63) is 63.1 Å². The maximum Gasteiger partial charge on any atom is 0.261 e. The second-order valence-electron chi connectivity index (χ2n) is 7.97. The minimum atomic E-state index is -0.604. The molecular weight excluding hydrogens is 456 g/mol. The van der Waals surface area contributed by atoms with Gasteiger partial charge in [0.05, 0.1) is 0 Å². The summed E-state index contributed by atoms with van der Waals surface area (Å²) in [7, 11) is 0. The fourth-order valence-electron chi connectivity index (χ4n) is 3.32. The van der Waals surface area contributed by atoms with E-state index in [0.717, 1.165) is 39.6 Å². The third-order valence-corrected chi connectivity index (χ3v) is 5.85. The van der Waals surface area contributed by atoms with Crippen LogP contribution in [0.5, 0.6) is 5.75 Å². The topological polar surface area (TPSA) is 58.6 Å². The minimum absolute atomic E-state index is 0.121. The maximum absolute atomic E-state index is 13.2. The Morgan fingerprint density at radius 3 is 2.58 bits per heavy atom. The van der Waals surface area contributed by atoms with E-state index in [9.17, 15) is 9.59 Å². The van der Waals surface area contributed by atoms with Crippen LogP contribution in [-0.2, 0) is 16.1 Å². The lowest BCUT2D eigenvalue weighted by molar-refractivity contribution is -0.142. The number of ether oxygens (including phenoxy) is 1. The molecule has 5 nitrogen and oxygen atoms in total. The molecule has 1 atom stereocenters. The molecule has 0 aromatic heterocycles. The van der Waals surface area contributed by atoms with Gasteiger partial charge in [-0.25, -0.2) is 0 Å². The van der Waals surface area contributed by atoms with E-state index in [-0.39, 0.29) is 18.4 Å². The molecule has 0 aliphatic carbocycles. The Kier molecular flexibility index (Phi) is 9.56. The van der Waals surface area contributed by atoms with E-state index in [0.29, 0.717) is 18.8 Å². The Labute approximate surface area is 194 Å². The highest BCUT2D eigenvalue weighted by atomic mass is 79.9. The molecule has 0 aliphatic rings. The average Bonchev–Trinajstić information content (AvgIpc) is 2.73. The van der Waals surface area contributed by atoms with Crippen molar-refractivity contribution in [1.82, 2.24) is 10.2 Å². The number of hydrogen-bond acceptors (Lipinski definition) is 3. The Morgan fingerprint density at radius 2 is 1.90 bits per heavy atom. The summed E-state index contributed by atoms with van der Waals surface area (Å²) in [6.45, 7) is 10.7. The quantitative estimate of drug-likeness (QED) is 0.474. The van der Waals surface area contributed by atoms with Crippen molar-refractivity contribution in [1.29, 1.82) is 0 Å². The number of halogens is 1. The molecule has 1 N–H and O–H groups in total. The molecule has 2 aromatic rings. The molecule has 0 unspecified atom stereocenters. The van der Waals surface area contributed by atoms with E-state index in [1.165, 1.54) is 0 Å². The number of nitrogens with zero attached hydrogens (tertiary/aromatic N) is 1. The van der Waals surface area contributed by atoms with Crippen LogP contribution in [0.3, 0.4) is 0 Å². The van der Waals surface area contributed by atoms with Gasteiger partial charge in [0.15, 0.2) is 6.61 Å². The largest absolute Gasteiger partial charge is 0.483 e. The first kappa shape index (κ1) is 24.9. The zero-order valence-electron chi connectivity index (χ0n) is 19.1. The van der Waals surface area contributed by atoms with Gasteiger partial charge < -0.3 is 15.0 Å². The number of rotatable bonds is 10. The summed E-state index contributed by atoms with van der Waals surface area (Å²) in [6, 6.07) is 11.2. The van der Waals surface area contributed by atoms with Gasteiger partial charge in [-0.1, -0.05) is 47.5 Å². The average molecular weight is 489 g/mol. The van der Waals surface area contributed by atoms with Crippen molar-refractivity contribution in [2.24, 2.45) is 0 Å². The number of amides is 2.